The Bertz CT molecular complexity index is 177. The van der Waals surface area contributed by atoms with E-state index in [1.807, 2.05) is 0 Å². The maximum absolute atomic E-state index is 10.0. The van der Waals surface area contributed by atoms with Crippen molar-refractivity contribution in [3.63, 3.8) is 0 Å². The average molecular weight is 275 g/mol. The Hall–Kier alpha value is 0.610. The van der Waals surface area contributed by atoms with Crippen molar-refractivity contribution in [2.45, 2.75) is 25.9 Å². The summed E-state index contributed by atoms with van der Waals surface area (Å²) in [6.45, 7) is 1.81. The Morgan fingerprint density at radius 2 is 2.00 bits per heavy atom. The van der Waals surface area contributed by atoms with E-state index in [2.05, 4.69) is 0 Å². The van der Waals surface area contributed by atoms with Crippen LogP contribution >= 0.6 is 0 Å². The van der Waals surface area contributed by atoms with Crippen LogP contribution in [0.4, 0.5) is 0 Å². The first-order valence-corrected chi connectivity index (χ1v) is 4.65. The summed E-state index contributed by atoms with van der Waals surface area (Å²) in [6.07, 6.45) is 0.0468. The minimum absolute atomic E-state index is 0. The smallest absolute Gasteiger partial charge is 0.748 e. The third kappa shape index (κ3) is 10.6. The van der Waals surface area contributed by atoms with Gasteiger partial charge in [0.1, 0.15) is 0 Å². The number of aliphatic hydroxyl groups is 1. The van der Waals surface area contributed by atoms with E-state index in [1.165, 1.54) is 0 Å². The molecule has 0 spiro atoms. The molecular weight excluding hydrogens is 264 g/mol. The van der Waals surface area contributed by atoms with Crippen LogP contribution in [0.2, 0.25) is 0 Å². The first kappa shape index (κ1) is 14.2. The molecule has 0 rings (SSSR count). The summed E-state index contributed by atoms with van der Waals surface area (Å²) in [6, 6.07) is 0. The zero-order valence-electron chi connectivity index (χ0n) is 6.08. The molecule has 0 aliphatic rings. The summed E-state index contributed by atoms with van der Waals surface area (Å²) in [7, 11) is -4.25. The average Bonchev–Trinajstić information content (AvgIpc) is 1.59. The van der Waals surface area contributed by atoms with Crippen LogP contribution in [0.1, 0.15) is 19.8 Å². The molecule has 0 saturated carbocycles. The van der Waals surface area contributed by atoms with Gasteiger partial charge in [-0.05, 0) is 6.42 Å². The maximum Gasteiger partial charge on any atom is 1.00 e. The van der Waals surface area contributed by atoms with Crippen molar-refractivity contribution in [2.75, 3.05) is 5.75 Å². The van der Waals surface area contributed by atoms with Crippen LogP contribution in [0.3, 0.4) is 0 Å². The molecular formula is C5H11AgO4S. The Kier molecular flexibility index (Phi) is 7.93. The zero-order chi connectivity index (χ0) is 8.20. The van der Waals surface area contributed by atoms with Crippen LogP contribution < -0.4 is 0 Å². The summed E-state index contributed by atoms with van der Waals surface area (Å²) in [4.78, 5) is 0. The van der Waals surface area contributed by atoms with Gasteiger partial charge >= 0.3 is 22.4 Å². The standard InChI is InChI=1S/C5H12O4S.Ag/c1-2-3-5(6)4-10(7,8)9;/h5-6H,2-4H2,1H3,(H,7,8,9);/q;+1/p-1. The number of rotatable bonds is 4. The van der Waals surface area contributed by atoms with Gasteiger partial charge in [-0.3, -0.25) is 0 Å². The van der Waals surface area contributed by atoms with Crippen molar-refractivity contribution in [3.8, 4) is 0 Å². The van der Waals surface area contributed by atoms with Crippen molar-refractivity contribution in [1.29, 1.82) is 0 Å². The molecule has 72 valence electrons. The van der Waals surface area contributed by atoms with E-state index in [0.717, 1.165) is 0 Å². The second kappa shape index (κ2) is 6.16. The molecule has 0 aromatic rings. The molecule has 11 heavy (non-hydrogen) atoms. The largest absolute Gasteiger partial charge is 1.00 e. The molecule has 0 amide bonds. The van der Waals surface area contributed by atoms with Gasteiger partial charge in [-0.25, -0.2) is 8.42 Å². The van der Waals surface area contributed by atoms with E-state index in [-0.39, 0.29) is 22.4 Å². The van der Waals surface area contributed by atoms with E-state index in [0.29, 0.717) is 12.8 Å². The fourth-order valence-corrected chi connectivity index (χ4v) is 1.29. The van der Waals surface area contributed by atoms with E-state index < -0.39 is 22.0 Å². The normalized spacial score (nSPS) is 13.7. The molecule has 0 bridgehead atoms. The first-order chi connectivity index (χ1) is 4.45. The predicted molar refractivity (Wildman–Crippen MR) is 35.5 cm³/mol. The molecule has 0 saturated heterocycles. The number of aliphatic hydroxyl groups excluding tert-OH is 1. The van der Waals surface area contributed by atoms with Gasteiger partial charge in [0.25, 0.3) is 0 Å². The van der Waals surface area contributed by atoms with E-state index in [1.54, 1.807) is 6.92 Å². The van der Waals surface area contributed by atoms with Gasteiger partial charge in [0.2, 0.25) is 0 Å². The first-order valence-electron chi connectivity index (χ1n) is 3.07. The fraction of sp³-hybridized carbons (Fsp3) is 1.00. The molecule has 1 N–H and O–H groups in total. The minimum Gasteiger partial charge on any atom is -0.748 e. The third-order valence-corrected chi connectivity index (χ3v) is 1.81. The van der Waals surface area contributed by atoms with E-state index >= 15 is 0 Å². The Balaban J connectivity index is 0. The Morgan fingerprint density at radius 1 is 1.55 bits per heavy atom. The number of hydrogen-bond donors (Lipinski definition) is 1. The van der Waals surface area contributed by atoms with Gasteiger partial charge in [-0.15, -0.1) is 0 Å². The van der Waals surface area contributed by atoms with Gasteiger partial charge < -0.3 is 9.66 Å². The van der Waals surface area contributed by atoms with Crippen LogP contribution in [0, 0.1) is 0 Å². The molecule has 1 atom stereocenters. The van der Waals surface area contributed by atoms with Gasteiger partial charge in [-0.1, -0.05) is 13.3 Å². The molecule has 4 nitrogen and oxygen atoms in total. The molecule has 0 aliphatic carbocycles. The van der Waals surface area contributed by atoms with Gasteiger partial charge in [-0.2, -0.15) is 0 Å². The van der Waals surface area contributed by atoms with Crippen LogP contribution in [-0.2, 0) is 32.5 Å². The second-order valence-corrected chi connectivity index (χ2v) is 3.62. The van der Waals surface area contributed by atoms with Crippen LogP contribution in [-0.4, -0.2) is 29.9 Å². The summed E-state index contributed by atoms with van der Waals surface area (Å²) < 4.78 is 30.0. The summed E-state index contributed by atoms with van der Waals surface area (Å²) in [5.74, 6) is -0.666. The van der Waals surface area contributed by atoms with Gasteiger partial charge in [0.15, 0.2) is 0 Å². The van der Waals surface area contributed by atoms with Gasteiger partial charge in [0.05, 0.1) is 22.0 Å². The van der Waals surface area contributed by atoms with Crippen LogP contribution in [0.25, 0.3) is 0 Å². The van der Waals surface area contributed by atoms with Crippen molar-refractivity contribution in [3.05, 3.63) is 0 Å². The molecule has 0 fully saturated rings. The monoisotopic (exact) mass is 274 g/mol. The SMILES string of the molecule is CCCC(O)CS(=O)(=O)[O-].[Ag+]. The van der Waals surface area contributed by atoms with Crippen molar-refractivity contribution < 1.29 is 40.5 Å². The summed E-state index contributed by atoms with van der Waals surface area (Å²) in [5.41, 5.74) is 0. The topological polar surface area (TPSA) is 77.4 Å². The quantitative estimate of drug-likeness (QED) is 0.564. The molecule has 6 heteroatoms. The Morgan fingerprint density at radius 3 is 2.27 bits per heavy atom. The molecule has 0 aromatic carbocycles. The van der Waals surface area contributed by atoms with Gasteiger partial charge in [0, 0.05) is 0 Å². The van der Waals surface area contributed by atoms with E-state index in [9.17, 15) is 13.0 Å². The van der Waals surface area contributed by atoms with Crippen LogP contribution in [0.5, 0.6) is 0 Å². The molecule has 0 heterocycles. The molecule has 0 aromatic heterocycles. The van der Waals surface area contributed by atoms with Crippen LogP contribution in [0.15, 0.2) is 0 Å². The van der Waals surface area contributed by atoms with E-state index in [4.69, 9.17) is 5.11 Å². The third-order valence-electron chi connectivity index (χ3n) is 1.02. The van der Waals surface area contributed by atoms with Crippen molar-refractivity contribution in [1.82, 2.24) is 0 Å². The summed E-state index contributed by atoms with van der Waals surface area (Å²) in [5, 5.41) is 8.81. The second-order valence-electron chi connectivity index (χ2n) is 2.17. The Labute approximate surface area is 82.3 Å². The summed E-state index contributed by atoms with van der Waals surface area (Å²) >= 11 is 0. The maximum atomic E-state index is 10.0. The zero-order valence-corrected chi connectivity index (χ0v) is 8.38. The van der Waals surface area contributed by atoms with Crippen molar-refractivity contribution >= 4 is 10.1 Å². The minimum atomic E-state index is -4.25. The van der Waals surface area contributed by atoms with Crippen molar-refractivity contribution in [2.24, 2.45) is 0 Å². The molecule has 0 radical (unpaired) electrons. The predicted octanol–water partition coefficient (Wildman–Crippen LogP) is -0.310. The molecule has 1 unspecified atom stereocenters. The molecule has 0 aliphatic heterocycles. The number of hydrogen-bond acceptors (Lipinski definition) is 4. The fourth-order valence-electron chi connectivity index (χ4n) is 0.652.